The Hall–Kier alpha value is -3.19. The van der Waals surface area contributed by atoms with E-state index in [0.717, 1.165) is 22.5 Å². The average molecular weight is 380 g/mol. The topological polar surface area (TPSA) is 89.6 Å². The van der Waals surface area contributed by atoms with Crippen molar-refractivity contribution in [2.24, 2.45) is 5.10 Å². The maximum absolute atomic E-state index is 12.2. The molecule has 0 aliphatic carbocycles. The molecule has 7 heteroatoms. The van der Waals surface area contributed by atoms with Gasteiger partial charge in [0.15, 0.2) is 5.13 Å². The fourth-order valence-electron chi connectivity index (χ4n) is 2.40. The van der Waals surface area contributed by atoms with E-state index in [1.54, 1.807) is 13.1 Å². The minimum absolute atomic E-state index is 0.337. The van der Waals surface area contributed by atoms with E-state index in [9.17, 15) is 4.79 Å². The second-order valence-electron chi connectivity index (χ2n) is 5.98. The number of nitrogen functional groups attached to an aromatic ring is 1. The molecule has 0 unspecified atom stereocenters. The van der Waals surface area contributed by atoms with Crippen LogP contribution in [0.3, 0.4) is 0 Å². The number of anilines is 1. The van der Waals surface area contributed by atoms with Crippen LogP contribution in [0.15, 0.2) is 53.6 Å². The third kappa shape index (κ3) is 4.92. The first-order valence-electron chi connectivity index (χ1n) is 8.36. The molecule has 1 aromatic heterocycles. The van der Waals surface area contributed by atoms with Gasteiger partial charge in [0.2, 0.25) is 0 Å². The van der Waals surface area contributed by atoms with E-state index in [2.05, 4.69) is 27.6 Å². The van der Waals surface area contributed by atoms with E-state index < -0.39 is 0 Å². The zero-order valence-corrected chi connectivity index (χ0v) is 15.9. The van der Waals surface area contributed by atoms with Crippen LogP contribution in [0.25, 0.3) is 0 Å². The van der Waals surface area contributed by atoms with E-state index in [4.69, 9.17) is 10.5 Å². The number of hydrazone groups is 1. The maximum Gasteiger partial charge on any atom is 0.283 e. The summed E-state index contributed by atoms with van der Waals surface area (Å²) in [5, 5.41) is 4.39. The van der Waals surface area contributed by atoms with Crippen molar-refractivity contribution in [3.8, 4) is 5.75 Å². The van der Waals surface area contributed by atoms with Gasteiger partial charge in [-0.1, -0.05) is 53.3 Å². The third-order valence-electron chi connectivity index (χ3n) is 3.82. The molecular weight excluding hydrogens is 360 g/mol. The SMILES string of the molecule is Cc1ccc(COc2ccccc2/C=N\NC(=O)c2sc(N)nc2C)cc1. The number of para-hydroxylation sites is 1. The van der Waals surface area contributed by atoms with Crippen molar-refractivity contribution in [2.45, 2.75) is 20.5 Å². The highest BCUT2D eigenvalue weighted by molar-refractivity contribution is 7.17. The second-order valence-corrected chi connectivity index (χ2v) is 7.01. The molecule has 0 fully saturated rings. The molecule has 0 spiro atoms. The number of ether oxygens (including phenoxy) is 1. The van der Waals surface area contributed by atoms with Crippen molar-refractivity contribution >= 4 is 28.6 Å². The van der Waals surface area contributed by atoms with Gasteiger partial charge in [0.1, 0.15) is 17.2 Å². The van der Waals surface area contributed by atoms with Gasteiger partial charge in [0.25, 0.3) is 5.91 Å². The predicted octanol–water partition coefficient (Wildman–Crippen LogP) is 3.69. The van der Waals surface area contributed by atoms with Crippen LogP contribution < -0.4 is 15.9 Å². The van der Waals surface area contributed by atoms with E-state index in [1.807, 2.05) is 43.3 Å². The molecule has 1 heterocycles. The molecule has 0 atom stereocenters. The highest BCUT2D eigenvalue weighted by Gasteiger charge is 2.13. The standard InChI is InChI=1S/C20H20N4O2S/c1-13-7-9-15(10-8-13)12-26-17-6-4-3-5-16(17)11-22-24-19(25)18-14(2)23-20(21)27-18/h3-11H,12H2,1-2H3,(H2,21,23)(H,24,25)/b22-11-. The fourth-order valence-corrected chi connectivity index (χ4v) is 3.13. The highest BCUT2D eigenvalue weighted by Crippen LogP contribution is 2.20. The molecule has 6 nitrogen and oxygen atoms in total. The van der Waals surface area contributed by atoms with E-state index in [1.165, 1.54) is 5.56 Å². The molecular formula is C20H20N4O2S. The van der Waals surface area contributed by atoms with E-state index >= 15 is 0 Å². The van der Waals surface area contributed by atoms with Gasteiger partial charge in [-0.25, -0.2) is 10.4 Å². The monoisotopic (exact) mass is 380 g/mol. The Morgan fingerprint density at radius 1 is 1.22 bits per heavy atom. The van der Waals surface area contributed by atoms with Crippen molar-refractivity contribution in [3.63, 3.8) is 0 Å². The number of rotatable bonds is 6. The summed E-state index contributed by atoms with van der Waals surface area (Å²) in [5.74, 6) is 0.352. The van der Waals surface area contributed by atoms with Crippen molar-refractivity contribution < 1.29 is 9.53 Å². The van der Waals surface area contributed by atoms with Crippen LogP contribution in [0, 0.1) is 13.8 Å². The second kappa shape index (κ2) is 8.46. The molecule has 0 aliphatic heterocycles. The lowest BCUT2D eigenvalue weighted by Crippen LogP contribution is -2.17. The number of thiazole rings is 1. The molecule has 2 aromatic carbocycles. The van der Waals surface area contributed by atoms with Gasteiger partial charge in [0.05, 0.1) is 11.9 Å². The number of nitrogens with zero attached hydrogens (tertiary/aromatic N) is 2. The summed E-state index contributed by atoms with van der Waals surface area (Å²) >= 11 is 1.13. The summed E-state index contributed by atoms with van der Waals surface area (Å²) in [7, 11) is 0. The van der Waals surface area contributed by atoms with E-state index in [0.29, 0.717) is 28.1 Å². The molecule has 3 aromatic rings. The minimum atomic E-state index is -0.337. The van der Waals surface area contributed by atoms with Gasteiger partial charge >= 0.3 is 0 Å². The first kappa shape index (κ1) is 18.6. The fraction of sp³-hybridized carbons (Fsp3) is 0.150. The number of aryl methyl sites for hydroxylation is 2. The Morgan fingerprint density at radius 2 is 1.96 bits per heavy atom. The first-order chi connectivity index (χ1) is 13.0. The van der Waals surface area contributed by atoms with Crippen molar-refractivity contribution in [1.29, 1.82) is 0 Å². The summed E-state index contributed by atoms with van der Waals surface area (Å²) in [5.41, 5.74) is 11.8. The molecule has 0 saturated heterocycles. The molecule has 1 amide bonds. The Balaban J connectivity index is 1.64. The van der Waals surface area contributed by atoms with Gasteiger partial charge in [-0.3, -0.25) is 4.79 Å². The summed E-state index contributed by atoms with van der Waals surface area (Å²) < 4.78 is 5.90. The van der Waals surface area contributed by atoms with Crippen molar-refractivity contribution in [2.75, 3.05) is 5.73 Å². The number of aromatic nitrogens is 1. The quantitative estimate of drug-likeness (QED) is 0.504. The summed E-state index contributed by atoms with van der Waals surface area (Å²) in [4.78, 5) is 16.6. The summed E-state index contributed by atoms with van der Waals surface area (Å²) in [6.07, 6.45) is 1.56. The van der Waals surface area contributed by atoms with Gasteiger partial charge in [-0.2, -0.15) is 5.10 Å². The summed E-state index contributed by atoms with van der Waals surface area (Å²) in [6.45, 7) is 4.24. The number of carbonyl (C=O) groups excluding carboxylic acids is 1. The van der Waals surface area contributed by atoms with Gasteiger partial charge < -0.3 is 10.5 Å². The molecule has 0 aliphatic rings. The van der Waals surface area contributed by atoms with E-state index in [-0.39, 0.29) is 5.91 Å². The maximum atomic E-state index is 12.2. The third-order valence-corrected chi connectivity index (χ3v) is 4.81. The predicted molar refractivity (Wildman–Crippen MR) is 108 cm³/mol. The lowest BCUT2D eigenvalue weighted by Gasteiger charge is -2.09. The van der Waals surface area contributed by atoms with Gasteiger partial charge in [-0.15, -0.1) is 0 Å². The smallest absolute Gasteiger partial charge is 0.283 e. The Morgan fingerprint density at radius 3 is 2.67 bits per heavy atom. The molecule has 138 valence electrons. The zero-order valence-electron chi connectivity index (χ0n) is 15.1. The average Bonchev–Trinajstić information content (AvgIpc) is 3.00. The number of benzene rings is 2. The molecule has 0 bridgehead atoms. The van der Waals surface area contributed by atoms with Crippen molar-refractivity contribution in [3.05, 3.63) is 75.8 Å². The lowest BCUT2D eigenvalue weighted by atomic mass is 10.1. The molecule has 27 heavy (non-hydrogen) atoms. The number of amides is 1. The largest absolute Gasteiger partial charge is 0.488 e. The van der Waals surface area contributed by atoms with Crippen LogP contribution in [0.4, 0.5) is 5.13 Å². The number of hydrogen-bond donors (Lipinski definition) is 2. The zero-order chi connectivity index (χ0) is 19.2. The first-order valence-corrected chi connectivity index (χ1v) is 9.18. The highest BCUT2D eigenvalue weighted by atomic mass is 32.1. The normalized spacial score (nSPS) is 10.9. The van der Waals surface area contributed by atoms with Crippen LogP contribution >= 0.6 is 11.3 Å². The van der Waals surface area contributed by atoms with Crippen LogP contribution in [0.1, 0.15) is 32.1 Å². The van der Waals surface area contributed by atoms with Gasteiger partial charge in [0, 0.05) is 5.56 Å². The van der Waals surface area contributed by atoms with Crippen molar-refractivity contribution in [1.82, 2.24) is 10.4 Å². The lowest BCUT2D eigenvalue weighted by molar-refractivity contribution is 0.0958. The Labute approximate surface area is 161 Å². The molecule has 3 rings (SSSR count). The van der Waals surface area contributed by atoms with Crippen LogP contribution in [0.5, 0.6) is 5.75 Å². The number of nitrogens with one attached hydrogen (secondary N) is 1. The van der Waals surface area contributed by atoms with Crippen LogP contribution in [0.2, 0.25) is 0 Å². The summed E-state index contributed by atoms with van der Waals surface area (Å²) in [6, 6.07) is 15.7. The van der Waals surface area contributed by atoms with Crippen LogP contribution in [-0.4, -0.2) is 17.1 Å². The number of carbonyl (C=O) groups is 1. The Kier molecular flexibility index (Phi) is 5.83. The number of hydrogen-bond acceptors (Lipinski definition) is 6. The van der Waals surface area contributed by atoms with Crippen LogP contribution in [-0.2, 0) is 6.61 Å². The minimum Gasteiger partial charge on any atom is -0.488 e. The van der Waals surface area contributed by atoms with Gasteiger partial charge in [-0.05, 0) is 31.5 Å². The molecule has 0 radical (unpaired) electrons. The Bertz CT molecular complexity index is 964. The number of nitrogens with two attached hydrogens (primary N) is 1. The molecule has 3 N–H and O–H groups in total. The molecule has 0 saturated carbocycles.